The van der Waals surface area contributed by atoms with Gasteiger partial charge in [-0.25, -0.2) is 0 Å². The minimum Gasteiger partial charge on any atom is -0.480 e. The highest BCUT2D eigenvalue weighted by Crippen LogP contribution is 2.32. The van der Waals surface area contributed by atoms with E-state index in [9.17, 15) is 4.79 Å². The summed E-state index contributed by atoms with van der Waals surface area (Å²) in [5.41, 5.74) is -0.604. The topological polar surface area (TPSA) is 49.3 Å². The Morgan fingerprint density at radius 1 is 1.62 bits per heavy atom. The van der Waals surface area contributed by atoms with Gasteiger partial charge in [-0.1, -0.05) is 0 Å². The summed E-state index contributed by atoms with van der Waals surface area (Å²) >= 11 is 1.74. The van der Waals surface area contributed by atoms with Crippen LogP contribution in [-0.2, 0) is 4.79 Å². The standard InChI is InChI=1S/C9H15NO2S/c11-8(12)9(3-4-13-6-9)10-5-7-1-2-7/h7,10H,1-6H2,(H,11,12). The van der Waals surface area contributed by atoms with Gasteiger partial charge in [0.05, 0.1) is 0 Å². The summed E-state index contributed by atoms with van der Waals surface area (Å²) in [6, 6.07) is 0. The van der Waals surface area contributed by atoms with E-state index >= 15 is 0 Å². The Labute approximate surface area is 82.3 Å². The van der Waals surface area contributed by atoms with Crippen molar-refractivity contribution in [3.8, 4) is 0 Å². The van der Waals surface area contributed by atoms with Gasteiger partial charge in [-0.3, -0.25) is 4.79 Å². The average molecular weight is 201 g/mol. The van der Waals surface area contributed by atoms with Crippen molar-refractivity contribution >= 4 is 17.7 Å². The fraction of sp³-hybridized carbons (Fsp3) is 0.889. The Bertz CT molecular complexity index is 210. The zero-order valence-electron chi connectivity index (χ0n) is 7.58. The fourth-order valence-electron chi connectivity index (χ4n) is 1.61. The molecular formula is C9H15NO2S. The Hall–Kier alpha value is -0.220. The first kappa shape index (κ1) is 9.34. The third-order valence-electron chi connectivity index (χ3n) is 2.86. The van der Waals surface area contributed by atoms with Crippen molar-refractivity contribution in [3.05, 3.63) is 0 Å². The molecular weight excluding hydrogens is 186 g/mol. The van der Waals surface area contributed by atoms with E-state index in [0.29, 0.717) is 0 Å². The lowest BCUT2D eigenvalue weighted by Crippen LogP contribution is -2.52. The van der Waals surface area contributed by atoms with Gasteiger partial charge in [0.2, 0.25) is 0 Å². The number of hydrogen-bond donors (Lipinski definition) is 2. The summed E-state index contributed by atoms with van der Waals surface area (Å²) in [5, 5.41) is 12.4. The summed E-state index contributed by atoms with van der Waals surface area (Å²) in [6.45, 7) is 0.896. The Morgan fingerprint density at radius 2 is 2.38 bits per heavy atom. The molecule has 0 radical (unpaired) electrons. The Morgan fingerprint density at radius 3 is 2.85 bits per heavy atom. The van der Waals surface area contributed by atoms with Gasteiger partial charge < -0.3 is 10.4 Å². The van der Waals surface area contributed by atoms with Crippen molar-refractivity contribution in [3.63, 3.8) is 0 Å². The number of carboxylic acids is 1. The first-order valence-corrected chi connectivity index (χ1v) is 5.95. The number of carboxylic acid groups (broad SMARTS) is 1. The van der Waals surface area contributed by atoms with Crippen molar-refractivity contribution in [1.82, 2.24) is 5.32 Å². The van der Waals surface area contributed by atoms with E-state index < -0.39 is 11.5 Å². The van der Waals surface area contributed by atoms with Crippen molar-refractivity contribution in [2.45, 2.75) is 24.8 Å². The zero-order chi connectivity index (χ0) is 9.31. The number of carbonyl (C=O) groups is 1. The summed E-state index contributed by atoms with van der Waals surface area (Å²) < 4.78 is 0. The van der Waals surface area contributed by atoms with E-state index in [2.05, 4.69) is 5.32 Å². The molecule has 0 aromatic rings. The second kappa shape index (κ2) is 3.50. The third-order valence-corrected chi connectivity index (χ3v) is 4.05. The molecule has 1 atom stereocenters. The lowest BCUT2D eigenvalue weighted by atomic mass is 9.99. The molecule has 74 valence electrons. The maximum absolute atomic E-state index is 11.1. The maximum atomic E-state index is 11.1. The van der Waals surface area contributed by atoms with E-state index in [1.54, 1.807) is 11.8 Å². The summed E-state index contributed by atoms with van der Waals surface area (Å²) in [4.78, 5) is 11.1. The summed E-state index contributed by atoms with van der Waals surface area (Å²) in [5.74, 6) is 1.79. The number of rotatable bonds is 4. The fourth-order valence-corrected chi connectivity index (χ4v) is 2.97. The van der Waals surface area contributed by atoms with Crippen molar-refractivity contribution < 1.29 is 9.90 Å². The van der Waals surface area contributed by atoms with Gasteiger partial charge in [0.15, 0.2) is 0 Å². The van der Waals surface area contributed by atoms with E-state index in [1.807, 2.05) is 0 Å². The monoisotopic (exact) mass is 201 g/mol. The Balaban J connectivity index is 1.91. The number of nitrogens with one attached hydrogen (secondary N) is 1. The van der Waals surface area contributed by atoms with Crippen LogP contribution in [0.1, 0.15) is 19.3 Å². The highest BCUT2D eigenvalue weighted by molar-refractivity contribution is 7.99. The highest BCUT2D eigenvalue weighted by atomic mass is 32.2. The van der Waals surface area contributed by atoms with E-state index in [-0.39, 0.29) is 0 Å². The molecule has 13 heavy (non-hydrogen) atoms. The quantitative estimate of drug-likeness (QED) is 0.711. The molecule has 1 unspecified atom stereocenters. The average Bonchev–Trinajstić information content (AvgIpc) is 2.80. The molecule has 2 rings (SSSR count). The molecule has 1 heterocycles. The van der Waals surface area contributed by atoms with Gasteiger partial charge in [-0.2, -0.15) is 11.8 Å². The van der Waals surface area contributed by atoms with Gasteiger partial charge in [-0.15, -0.1) is 0 Å². The second-order valence-corrected chi connectivity index (χ2v) is 5.12. The molecule has 2 aliphatic rings. The zero-order valence-corrected chi connectivity index (χ0v) is 8.40. The van der Waals surface area contributed by atoms with Crippen molar-refractivity contribution in [2.24, 2.45) is 5.92 Å². The van der Waals surface area contributed by atoms with E-state index in [1.165, 1.54) is 12.8 Å². The van der Waals surface area contributed by atoms with Crippen LogP contribution in [0.5, 0.6) is 0 Å². The molecule has 3 nitrogen and oxygen atoms in total. The normalized spacial score (nSPS) is 33.5. The molecule has 1 aliphatic heterocycles. The van der Waals surface area contributed by atoms with Crippen LogP contribution in [0.15, 0.2) is 0 Å². The SMILES string of the molecule is O=C(O)C1(NCC2CC2)CCSC1. The molecule has 0 aromatic carbocycles. The van der Waals surface area contributed by atoms with Crippen LogP contribution >= 0.6 is 11.8 Å². The molecule has 2 fully saturated rings. The smallest absolute Gasteiger partial charge is 0.324 e. The lowest BCUT2D eigenvalue weighted by molar-refractivity contribution is -0.143. The van der Waals surface area contributed by atoms with Crippen LogP contribution in [0.2, 0.25) is 0 Å². The first-order valence-electron chi connectivity index (χ1n) is 4.79. The highest BCUT2D eigenvalue weighted by Gasteiger charge is 2.42. The third kappa shape index (κ3) is 1.99. The maximum Gasteiger partial charge on any atom is 0.324 e. The van der Waals surface area contributed by atoms with Gasteiger partial charge in [0, 0.05) is 5.75 Å². The van der Waals surface area contributed by atoms with Crippen LogP contribution in [0.25, 0.3) is 0 Å². The van der Waals surface area contributed by atoms with Gasteiger partial charge in [0.1, 0.15) is 5.54 Å². The lowest BCUT2D eigenvalue weighted by Gasteiger charge is -2.24. The van der Waals surface area contributed by atoms with Crippen LogP contribution in [0, 0.1) is 5.92 Å². The minimum absolute atomic E-state index is 0.604. The molecule has 0 bridgehead atoms. The van der Waals surface area contributed by atoms with Crippen molar-refractivity contribution in [2.75, 3.05) is 18.1 Å². The van der Waals surface area contributed by atoms with Crippen molar-refractivity contribution in [1.29, 1.82) is 0 Å². The van der Waals surface area contributed by atoms with Crippen LogP contribution in [-0.4, -0.2) is 34.7 Å². The molecule has 2 N–H and O–H groups in total. The molecule has 1 aliphatic carbocycles. The largest absolute Gasteiger partial charge is 0.480 e. The second-order valence-electron chi connectivity index (χ2n) is 4.01. The van der Waals surface area contributed by atoms with Gasteiger partial charge in [0.25, 0.3) is 0 Å². The van der Waals surface area contributed by atoms with E-state index in [0.717, 1.165) is 30.4 Å². The number of hydrogen-bond acceptors (Lipinski definition) is 3. The first-order chi connectivity index (χ1) is 6.23. The predicted octanol–water partition coefficient (Wildman–Crippen LogP) is 0.946. The number of aliphatic carboxylic acids is 1. The molecule has 0 aromatic heterocycles. The predicted molar refractivity (Wildman–Crippen MR) is 53.0 cm³/mol. The van der Waals surface area contributed by atoms with E-state index in [4.69, 9.17) is 5.11 Å². The van der Waals surface area contributed by atoms with Gasteiger partial charge in [-0.05, 0) is 37.5 Å². The summed E-state index contributed by atoms with van der Waals surface area (Å²) in [6.07, 6.45) is 3.32. The minimum atomic E-state index is -0.668. The Kier molecular flexibility index (Phi) is 2.51. The van der Waals surface area contributed by atoms with Crippen LogP contribution in [0.3, 0.4) is 0 Å². The molecule has 1 saturated carbocycles. The molecule has 0 amide bonds. The number of thioether (sulfide) groups is 1. The van der Waals surface area contributed by atoms with Crippen LogP contribution in [0.4, 0.5) is 0 Å². The molecule has 4 heteroatoms. The van der Waals surface area contributed by atoms with Gasteiger partial charge >= 0.3 is 5.97 Å². The molecule has 0 spiro atoms. The van der Waals surface area contributed by atoms with Crippen LogP contribution < -0.4 is 5.32 Å². The molecule has 1 saturated heterocycles. The summed E-state index contributed by atoms with van der Waals surface area (Å²) in [7, 11) is 0.